The number of amides is 2. The highest BCUT2D eigenvalue weighted by Gasteiger charge is 2.32. The van der Waals surface area contributed by atoms with Crippen LogP contribution in [0.4, 0.5) is 9.18 Å². The van der Waals surface area contributed by atoms with Crippen molar-refractivity contribution in [1.29, 1.82) is 0 Å². The Bertz CT molecular complexity index is 645. The van der Waals surface area contributed by atoms with E-state index in [1.165, 1.54) is 12.1 Å². The normalized spacial score (nSPS) is 18.5. The van der Waals surface area contributed by atoms with Crippen molar-refractivity contribution in [3.05, 3.63) is 34.1 Å². The molecule has 0 N–H and O–H groups in total. The van der Waals surface area contributed by atoms with Gasteiger partial charge < -0.3 is 14.5 Å². The molecule has 1 aromatic carbocycles. The van der Waals surface area contributed by atoms with Crippen molar-refractivity contribution in [3.8, 4) is 0 Å². The lowest BCUT2D eigenvalue weighted by Crippen LogP contribution is -2.56. The van der Waals surface area contributed by atoms with Crippen molar-refractivity contribution in [2.45, 2.75) is 39.3 Å². The molecule has 1 aliphatic rings. The summed E-state index contributed by atoms with van der Waals surface area (Å²) in [7, 11) is 0. The van der Waals surface area contributed by atoms with E-state index in [9.17, 15) is 14.0 Å². The summed E-state index contributed by atoms with van der Waals surface area (Å²) in [6.45, 7) is 8.48. The third kappa shape index (κ3) is 4.47. The van der Waals surface area contributed by atoms with Crippen LogP contribution in [0.5, 0.6) is 0 Å². The molecule has 7 heteroatoms. The summed E-state index contributed by atoms with van der Waals surface area (Å²) in [5.74, 6) is -0.710. The van der Waals surface area contributed by atoms with Gasteiger partial charge in [-0.3, -0.25) is 4.79 Å². The average molecular weight is 401 g/mol. The first kappa shape index (κ1) is 18.7. The van der Waals surface area contributed by atoms with Gasteiger partial charge in [0.2, 0.25) is 0 Å². The second-order valence-corrected chi connectivity index (χ2v) is 7.76. The monoisotopic (exact) mass is 400 g/mol. The van der Waals surface area contributed by atoms with Gasteiger partial charge in [-0.15, -0.1) is 0 Å². The molecule has 0 bridgehead atoms. The summed E-state index contributed by atoms with van der Waals surface area (Å²) in [6, 6.07) is 4.15. The standard InChI is InChI=1S/C17H22BrFN2O3/c1-11-10-20(7-8-21(11)16(23)24-17(2,3)4)15(22)12-5-6-13(18)14(19)9-12/h5-6,9,11H,7-8,10H2,1-4H3/t11-/m1/s1. The Morgan fingerprint density at radius 3 is 2.50 bits per heavy atom. The van der Waals surface area contributed by atoms with E-state index in [4.69, 9.17) is 4.74 Å². The molecule has 132 valence electrons. The fourth-order valence-corrected chi connectivity index (χ4v) is 2.79. The van der Waals surface area contributed by atoms with Gasteiger partial charge in [-0.2, -0.15) is 0 Å². The van der Waals surface area contributed by atoms with E-state index in [-0.39, 0.29) is 18.0 Å². The minimum absolute atomic E-state index is 0.169. The summed E-state index contributed by atoms with van der Waals surface area (Å²) in [5.41, 5.74) is -0.257. The number of benzene rings is 1. The third-order valence-electron chi connectivity index (χ3n) is 3.71. The topological polar surface area (TPSA) is 49.9 Å². The van der Waals surface area contributed by atoms with Gasteiger partial charge in [-0.05, 0) is 61.8 Å². The molecule has 1 saturated heterocycles. The van der Waals surface area contributed by atoms with E-state index >= 15 is 0 Å². The van der Waals surface area contributed by atoms with E-state index in [2.05, 4.69) is 15.9 Å². The second kappa shape index (κ2) is 7.09. The van der Waals surface area contributed by atoms with Crippen molar-refractivity contribution in [2.24, 2.45) is 0 Å². The Labute approximate surface area is 149 Å². The molecule has 2 rings (SSSR count). The molecule has 1 aromatic rings. The Hall–Kier alpha value is -1.63. The number of carbonyl (C=O) groups is 2. The van der Waals surface area contributed by atoms with Crippen LogP contribution in [0.1, 0.15) is 38.1 Å². The minimum Gasteiger partial charge on any atom is -0.444 e. The van der Waals surface area contributed by atoms with Crippen LogP contribution in [0, 0.1) is 5.82 Å². The van der Waals surface area contributed by atoms with Gasteiger partial charge in [0.1, 0.15) is 11.4 Å². The highest BCUT2D eigenvalue weighted by Crippen LogP contribution is 2.20. The molecule has 0 unspecified atom stereocenters. The van der Waals surface area contributed by atoms with Gasteiger partial charge in [0, 0.05) is 31.2 Å². The first-order valence-electron chi connectivity index (χ1n) is 7.82. The van der Waals surface area contributed by atoms with Crippen LogP contribution in [0.3, 0.4) is 0 Å². The Balaban J connectivity index is 2.03. The van der Waals surface area contributed by atoms with Crippen LogP contribution in [-0.4, -0.2) is 53.1 Å². The van der Waals surface area contributed by atoms with E-state index in [1.807, 2.05) is 27.7 Å². The molecular weight excluding hydrogens is 379 g/mol. The number of nitrogens with zero attached hydrogens (tertiary/aromatic N) is 2. The van der Waals surface area contributed by atoms with Crippen LogP contribution in [0.25, 0.3) is 0 Å². The van der Waals surface area contributed by atoms with Gasteiger partial charge in [0.25, 0.3) is 5.91 Å². The van der Waals surface area contributed by atoms with Crippen molar-refractivity contribution >= 4 is 27.9 Å². The molecule has 0 aromatic heterocycles. The van der Waals surface area contributed by atoms with Crippen LogP contribution in [0.2, 0.25) is 0 Å². The fraction of sp³-hybridized carbons (Fsp3) is 0.529. The molecule has 0 radical (unpaired) electrons. The summed E-state index contributed by atoms with van der Waals surface area (Å²) in [5, 5.41) is 0. The van der Waals surface area contributed by atoms with Crippen molar-refractivity contribution in [3.63, 3.8) is 0 Å². The highest BCUT2D eigenvalue weighted by atomic mass is 79.9. The summed E-state index contributed by atoms with van der Waals surface area (Å²) in [6.07, 6.45) is -0.378. The maximum Gasteiger partial charge on any atom is 0.410 e. The molecule has 0 spiro atoms. The molecule has 24 heavy (non-hydrogen) atoms. The SMILES string of the molecule is C[C@@H]1CN(C(=O)c2ccc(Br)c(F)c2)CCN1C(=O)OC(C)(C)C. The van der Waals surface area contributed by atoms with Gasteiger partial charge >= 0.3 is 6.09 Å². The largest absolute Gasteiger partial charge is 0.444 e. The number of carbonyl (C=O) groups excluding carboxylic acids is 2. The molecule has 2 amide bonds. The van der Waals surface area contributed by atoms with Gasteiger partial charge in [0.05, 0.1) is 4.47 Å². The van der Waals surface area contributed by atoms with Crippen LogP contribution < -0.4 is 0 Å². The maximum absolute atomic E-state index is 13.6. The lowest BCUT2D eigenvalue weighted by Gasteiger charge is -2.40. The lowest BCUT2D eigenvalue weighted by atomic mass is 10.1. The Morgan fingerprint density at radius 1 is 1.29 bits per heavy atom. The summed E-state index contributed by atoms with van der Waals surface area (Å²) >= 11 is 3.07. The zero-order valence-electron chi connectivity index (χ0n) is 14.3. The first-order chi connectivity index (χ1) is 11.1. The first-order valence-corrected chi connectivity index (χ1v) is 8.62. The molecule has 1 heterocycles. The number of hydrogen-bond acceptors (Lipinski definition) is 3. The fourth-order valence-electron chi connectivity index (χ4n) is 2.55. The molecule has 1 fully saturated rings. The van der Waals surface area contributed by atoms with E-state index < -0.39 is 11.4 Å². The molecule has 5 nitrogen and oxygen atoms in total. The molecular formula is C17H22BrFN2O3. The van der Waals surface area contributed by atoms with E-state index in [1.54, 1.807) is 15.9 Å². The zero-order chi connectivity index (χ0) is 18.1. The van der Waals surface area contributed by atoms with Crippen molar-refractivity contribution in [1.82, 2.24) is 9.80 Å². The Kier molecular flexibility index (Phi) is 5.52. The smallest absolute Gasteiger partial charge is 0.410 e. The van der Waals surface area contributed by atoms with Gasteiger partial charge in [-0.25, -0.2) is 9.18 Å². The number of ether oxygens (including phenoxy) is 1. The quantitative estimate of drug-likeness (QED) is 0.722. The predicted molar refractivity (Wildman–Crippen MR) is 92.4 cm³/mol. The lowest BCUT2D eigenvalue weighted by molar-refractivity contribution is 0.00198. The Morgan fingerprint density at radius 2 is 1.96 bits per heavy atom. The highest BCUT2D eigenvalue weighted by molar-refractivity contribution is 9.10. The van der Waals surface area contributed by atoms with Crippen molar-refractivity contribution < 1.29 is 18.7 Å². The number of halogens is 2. The van der Waals surface area contributed by atoms with E-state index in [0.29, 0.717) is 29.7 Å². The summed E-state index contributed by atoms with van der Waals surface area (Å²) in [4.78, 5) is 28.0. The van der Waals surface area contributed by atoms with Crippen molar-refractivity contribution in [2.75, 3.05) is 19.6 Å². The number of rotatable bonds is 1. The second-order valence-electron chi connectivity index (χ2n) is 6.90. The molecule has 1 atom stereocenters. The van der Waals surface area contributed by atoms with Gasteiger partial charge in [0.15, 0.2) is 0 Å². The predicted octanol–water partition coefficient (Wildman–Crippen LogP) is 3.67. The van der Waals surface area contributed by atoms with Crippen LogP contribution in [-0.2, 0) is 4.74 Å². The molecule has 0 saturated carbocycles. The maximum atomic E-state index is 13.6. The van der Waals surface area contributed by atoms with Gasteiger partial charge in [-0.1, -0.05) is 0 Å². The minimum atomic E-state index is -0.557. The van der Waals surface area contributed by atoms with Crippen LogP contribution in [0.15, 0.2) is 22.7 Å². The zero-order valence-corrected chi connectivity index (χ0v) is 15.9. The van der Waals surface area contributed by atoms with Crippen LogP contribution >= 0.6 is 15.9 Å². The molecule has 0 aliphatic carbocycles. The number of piperazine rings is 1. The number of hydrogen-bond donors (Lipinski definition) is 0. The van der Waals surface area contributed by atoms with E-state index in [0.717, 1.165) is 0 Å². The molecule has 1 aliphatic heterocycles. The summed E-state index contributed by atoms with van der Waals surface area (Å²) < 4.78 is 19.3. The third-order valence-corrected chi connectivity index (χ3v) is 4.35. The average Bonchev–Trinajstić information content (AvgIpc) is 2.47.